The van der Waals surface area contributed by atoms with Crippen molar-refractivity contribution < 1.29 is 8.92 Å². The molecule has 3 nitrogen and oxygen atoms in total. The SMILES string of the molecule is C#Cc1ccc(OC2CN(CCCOS(C)(C)C(C)(C)C)C2)cc1. The number of ether oxygens (including phenoxy) is 1. The van der Waals surface area contributed by atoms with E-state index in [4.69, 9.17) is 15.3 Å². The predicted molar refractivity (Wildman–Crippen MR) is 105 cm³/mol. The van der Waals surface area contributed by atoms with Gasteiger partial charge in [0.05, 0.1) is 6.61 Å². The average Bonchev–Trinajstić information content (AvgIpc) is 2.48. The van der Waals surface area contributed by atoms with Crippen molar-refractivity contribution in [2.24, 2.45) is 0 Å². The van der Waals surface area contributed by atoms with Crippen molar-refractivity contribution in [2.75, 3.05) is 38.8 Å². The third-order valence-electron chi connectivity index (χ3n) is 4.72. The molecule has 0 atom stereocenters. The molecule has 0 spiro atoms. The molecule has 1 aromatic carbocycles. The summed E-state index contributed by atoms with van der Waals surface area (Å²) in [6.07, 6.45) is 11.2. The third-order valence-corrected chi connectivity index (χ3v) is 8.42. The van der Waals surface area contributed by atoms with Crippen LogP contribution in [0.4, 0.5) is 0 Å². The van der Waals surface area contributed by atoms with Crippen molar-refractivity contribution in [1.82, 2.24) is 4.90 Å². The monoisotopic (exact) mass is 349 g/mol. The second kappa shape index (κ2) is 7.82. The standard InChI is InChI=1S/C20H31NO2S/c1-7-17-9-11-18(12-10-17)23-19-15-21(16-19)13-8-14-22-24(5,6)20(2,3)4/h1,9-12,19H,8,13-16H2,2-6H3. The van der Waals surface area contributed by atoms with E-state index < -0.39 is 10.3 Å². The molecule has 0 radical (unpaired) electrons. The summed E-state index contributed by atoms with van der Waals surface area (Å²) in [5.41, 5.74) is 0.887. The van der Waals surface area contributed by atoms with Gasteiger partial charge < -0.3 is 8.92 Å². The third kappa shape index (κ3) is 5.17. The number of nitrogens with zero attached hydrogens (tertiary/aromatic N) is 1. The lowest BCUT2D eigenvalue weighted by Crippen LogP contribution is -2.54. The Kier molecular flexibility index (Phi) is 6.25. The molecule has 1 aliphatic rings. The largest absolute Gasteiger partial charge is 0.488 e. The van der Waals surface area contributed by atoms with Crippen LogP contribution in [0.5, 0.6) is 5.75 Å². The highest BCUT2D eigenvalue weighted by Crippen LogP contribution is 2.53. The van der Waals surface area contributed by atoms with Gasteiger partial charge in [0.15, 0.2) is 0 Å². The van der Waals surface area contributed by atoms with E-state index in [1.165, 1.54) is 0 Å². The predicted octanol–water partition coefficient (Wildman–Crippen LogP) is 3.92. The first-order chi connectivity index (χ1) is 11.2. The summed E-state index contributed by atoms with van der Waals surface area (Å²) in [5.74, 6) is 3.52. The van der Waals surface area contributed by atoms with E-state index in [2.05, 4.69) is 44.1 Å². The van der Waals surface area contributed by atoms with Crippen LogP contribution in [-0.2, 0) is 4.18 Å². The van der Waals surface area contributed by atoms with Gasteiger partial charge in [-0.15, -0.1) is 16.7 Å². The van der Waals surface area contributed by atoms with Gasteiger partial charge in [-0.05, 0) is 43.2 Å². The molecule has 1 aromatic rings. The van der Waals surface area contributed by atoms with Crippen LogP contribution < -0.4 is 4.74 Å². The molecule has 0 saturated carbocycles. The highest BCUT2D eigenvalue weighted by molar-refractivity contribution is 8.29. The zero-order chi connectivity index (χ0) is 17.8. The first kappa shape index (κ1) is 19.2. The van der Waals surface area contributed by atoms with Crippen molar-refractivity contribution in [2.45, 2.75) is 38.0 Å². The molecule has 2 rings (SSSR count). The van der Waals surface area contributed by atoms with Gasteiger partial charge in [-0.1, -0.05) is 26.7 Å². The van der Waals surface area contributed by atoms with Crippen molar-refractivity contribution in [3.63, 3.8) is 0 Å². The van der Waals surface area contributed by atoms with E-state index >= 15 is 0 Å². The number of benzene rings is 1. The van der Waals surface area contributed by atoms with Crippen molar-refractivity contribution >= 4 is 10.3 Å². The maximum atomic E-state index is 6.17. The number of hydrogen-bond donors (Lipinski definition) is 0. The zero-order valence-electron chi connectivity index (χ0n) is 15.7. The average molecular weight is 350 g/mol. The molecule has 1 aliphatic heterocycles. The fourth-order valence-electron chi connectivity index (χ4n) is 2.33. The number of likely N-dealkylation sites (tertiary alicyclic amines) is 1. The first-order valence-corrected chi connectivity index (χ1v) is 10.9. The van der Waals surface area contributed by atoms with Crippen LogP contribution in [-0.4, -0.2) is 54.5 Å². The number of hydrogen-bond acceptors (Lipinski definition) is 3. The van der Waals surface area contributed by atoms with Gasteiger partial charge >= 0.3 is 0 Å². The molecule has 0 bridgehead atoms. The maximum absolute atomic E-state index is 6.17. The molecule has 4 heteroatoms. The van der Waals surface area contributed by atoms with E-state index in [1.54, 1.807) is 0 Å². The van der Waals surface area contributed by atoms with E-state index in [0.29, 0.717) is 6.10 Å². The molecule has 1 saturated heterocycles. The lowest BCUT2D eigenvalue weighted by molar-refractivity contribution is 0.0176. The fraction of sp³-hybridized carbons (Fsp3) is 0.600. The van der Waals surface area contributed by atoms with Crippen LogP contribution >= 0.6 is 10.3 Å². The molecular weight excluding hydrogens is 318 g/mol. The molecule has 24 heavy (non-hydrogen) atoms. The van der Waals surface area contributed by atoms with Gasteiger partial charge in [0, 0.05) is 29.9 Å². The van der Waals surface area contributed by atoms with Gasteiger partial charge in [-0.25, -0.2) is 0 Å². The Bertz CT molecular complexity index is 563. The number of terminal acetylenes is 1. The highest BCUT2D eigenvalue weighted by Gasteiger charge is 2.30. The number of rotatable bonds is 7. The van der Waals surface area contributed by atoms with Gasteiger partial charge in [0.1, 0.15) is 11.9 Å². The van der Waals surface area contributed by atoms with Crippen LogP contribution in [0.25, 0.3) is 0 Å². The molecule has 0 unspecified atom stereocenters. The second-order valence-corrected chi connectivity index (χ2v) is 11.6. The quantitative estimate of drug-likeness (QED) is 0.550. The normalized spacial score (nSPS) is 17.2. The Morgan fingerprint density at radius 3 is 2.38 bits per heavy atom. The van der Waals surface area contributed by atoms with Gasteiger partial charge in [-0.3, -0.25) is 4.90 Å². The molecule has 0 amide bonds. The summed E-state index contributed by atoms with van der Waals surface area (Å²) in [6, 6.07) is 7.73. The summed E-state index contributed by atoms with van der Waals surface area (Å²) >= 11 is 0. The Morgan fingerprint density at radius 1 is 1.21 bits per heavy atom. The van der Waals surface area contributed by atoms with Crippen LogP contribution in [0, 0.1) is 12.3 Å². The van der Waals surface area contributed by atoms with Crippen LogP contribution in [0.15, 0.2) is 24.3 Å². The molecule has 1 fully saturated rings. The van der Waals surface area contributed by atoms with Crippen molar-refractivity contribution in [3.8, 4) is 18.1 Å². The fourth-order valence-corrected chi connectivity index (χ4v) is 3.22. The van der Waals surface area contributed by atoms with Crippen LogP contribution in [0.3, 0.4) is 0 Å². The molecular formula is C20H31NO2S. The summed E-state index contributed by atoms with van der Waals surface area (Å²) in [4.78, 5) is 2.42. The molecule has 134 valence electrons. The van der Waals surface area contributed by atoms with Crippen molar-refractivity contribution in [3.05, 3.63) is 29.8 Å². The first-order valence-electron chi connectivity index (χ1n) is 8.54. The highest BCUT2D eigenvalue weighted by atomic mass is 32.3. The Hall–Kier alpha value is -1.15. The minimum Gasteiger partial charge on any atom is -0.488 e. The zero-order valence-corrected chi connectivity index (χ0v) is 16.5. The summed E-state index contributed by atoms with van der Waals surface area (Å²) in [7, 11) is -0.999. The summed E-state index contributed by atoms with van der Waals surface area (Å²) < 4.78 is 12.3. The Balaban J connectivity index is 1.61. The molecule has 1 heterocycles. The minimum absolute atomic E-state index is 0.234. The minimum atomic E-state index is -0.999. The smallest absolute Gasteiger partial charge is 0.124 e. The van der Waals surface area contributed by atoms with Gasteiger partial charge in [0.25, 0.3) is 0 Å². The van der Waals surface area contributed by atoms with Gasteiger partial charge in [0.2, 0.25) is 0 Å². The topological polar surface area (TPSA) is 21.7 Å². The lowest BCUT2D eigenvalue weighted by Gasteiger charge is -2.44. The molecule has 0 N–H and O–H groups in total. The maximum Gasteiger partial charge on any atom is 0.124 e. The Labute approximate surface area is 149 Å². The molecule has 0 aliphatic carbocycles. The van der Waals surface area contributed by atoms with E-state index in [-0.39, 0.29) is 4.75 Å². The van der Waals surface area contributed by atoms with Crippen LogP contribution in [0.1, 0.15) is 32.8 Å². The van der Waals surface area contributed by atoms with E-state index in [1.807, 2.05) is 24.3 Å². The van der Waals surface area contributed by atoms with E-state index in [9.17, 15) is 0 Å². The van der Waals surface area contributed by atoms with Crippen LogP contribution in [0.2, 0.25) is 0 Å². The molecule has 0 aromatic heterocycles. The van der Waals surface area contributed by atoms with Gasteiger partial charge in [-0.2, -0.15) is 0 Å². The summed E-state index contributed by atoms with van der Waals surface area (Å²) in [6.45, 7) is 10.7. The second-order valence-electron chi connectivity index (χ2n) is 7.69. The summed E-state index contributed by atoms with van der Waals surface area (Å²) in [5, 5.41) is 0. The lowest BCUT2D eigenvalue weighted by atomic mass is 10.1. The van der Waals surface area contributed by atoms with Crippen molar-refractivity contribution in [1.29, 1.82) is 0 Å². The Morgan fingerprint density at radius 2 is 1.83 bits per heavy atom. The van der Waals surface area contributed by atoms with E-state index in [0.717, 1.165) is 44.0 Å².